The smallest absolute Gasteiger partial charge is 0.259 e. The molecule has 7 nitrogen and oxygen atoms in total. The van der Waals surface area contributed by atoms with Gasteiger partial charge in [0.15, 0.2) is 0 Å². The Morgan fingerprint density at radius 3 is 2.83 bits per heavy atom. The molecule has 7 heteroatoms. The first-order valence-electron chi connectivity index (χ1n) is 8.35. The molecule has 2 aromatic rings. The van der Waals surface area contributed by atoms with E-state index >= 15 is 0 Å². The number of ether oxygens (including phenoxy) is 1. The van der Waals surface area contributed by atoms with Gasteiger partial charge in [-0.25, -0.2) is 4.98 Å². The minimum atomic E-state index is -0.314. The van der Waals surface area contributed by atoms with Crippen LogP contribution in [0.2, 0.25) is 0 Å². The van der Waals surface area contributed by atoms with Crippen molar-refractivity contribution < 1.29 is 9.53 Å². The Hall–Kier alpha value is -2.41. The fraction of sp³-hybridized carbons (Fsp3) is 0.471. The van der Waals surface area contributed by atoms with Crippen molar-refractivity contribution in [1.82, 2.24) is 14.3 Å². The van der Waals surface area contributed by atoms with Crippen LogP contribution in [0, 0.1) is 0 Å². The highest BCUT2D eigenvalue weighted by Gasteiger charge is 2.36. The van der Waals surface area contributed by atoms with E-state index in [4.69, 9.17) is 4.74 Å². The van der Waals surface area contributed by atoms with E-state index in [0.29, 0.717) is 11.5 Å². The fourth-order valence-electron chi connectivity index (χ4n) is 3.50. The number of rotatable bonds is 3. The van der Waals surface area contributed by atoms with Crippen LogP contribution in [0.1, 0.15) is 19.3 Å². The molecule has 2 aliphatic heterocycles. The van der Waals surface area contributed by atoms with E-state index in [1.165, 1.54) is 10.5 Å². The number of hydrogen-bond donors (Lipinski definition) is 1. The van der Waals surface area contributed by atoms with Crippen LogP contribution < -0.4 is 10.9 Å². The van der Waals surface area contributed by atoms with Gasteiger partial charge in [-0.3, -0.25) is 14.0 Å². The highest BCUT2D eigenvalue weighted by molar-refractivity contribution is 5.86. The lowest BCUT2D eigenvalue weighted by Gasteiger charge is -2.31. The van der Waals surface area contributed by atoms with Crippen LogP contribution in [-0.4, -0.2) is 52.0 Å². The first kappa shape index (κ1) is 15.1. The van der Waals surface area contributed by atoms with Crippen LogP contribution in [0.4, 0.5) is 5.82 Å². The lowest BCUT2D eigenvalue weighted by atomic mass is 10.1. The number of aromatic nitrogens is 2. The van der Waals surface area contributed by atoms with Crippen molar-refractivity contribution in [2.24, 2.45) is 0 Å². The number of nitrogens with zero attached hydrogens (tertiary/aromatic N) is 3. The predicted molar refractivity (Wildman–Crippen MR) is 89.0 cm³/mol. The predicted octanol–water partition coefficient (Wildman–Crippen LogP) is 0.886. The maximum absolute atomic E-state index is 12.7. The van der Waals surface area contributed by atoms with Crippen molar-refractivity contribution in [3.63, 3.8) is 0 Å². The molecule has 2 aromatic heterocycles. The average molecular weight is 328 g/mol. The van der Waals surface area contributed by atoms with E-state index < -0.39 is 0 Å². The molecule has 1 atom stereocenters. The molecular weight excluding hydrogens is 308 g/mol. The quantitative estimate of drug-likeness (QED) is 0.905. The number of anilines is 1. The lowest BCUT2D eigenvalue weighted by Crippen LogP contribution is -2.43. The van der Waals surface area contributed by atoms with Crippen LogP contribution in [0.5, 0.6) is 0 Å². The molecule has 1 unspecified atom stereocenters. The third kappa shape index (κ3) is 2.75. The Kier molecular flexibility index (Phi) is 3.93. The van der Waals surface area contributed by atoms with Gasteiger partial charge in [0, 0.05) is 38.1 Å². The Bertz CT molecular complexity index is 813. The average Bonchev–Trinajstić information content (AvgIpc) is 2.96. The molecule has 2 fully saturated rings. The maximum atomic E-state index is 12.7. The molecule has 2 aliphatic rings. The molecule has 0 bridgehead atoms. The standard InChI is InChI=1S/C17H20N4O3/c22-16-11-14(19-15-3-1-2-7-21(15)16)18-13-4-8-20(17(13)23)12-5-9-24-10-6-12/h1-3,7,11-13,18H,4-6,8-10H2. The summed E-state index contributed by atoms with van der Waals surface area (Å²) in [6.07, 6.45) is 4.20. The summed E-state index contributed by atoms with van der Waals surface area (Å²) in [4.78, 5) is 31.2. The van der Waals surface area contributed by atoms with Gasteiger partial charge >= 0.3 is 0 Å². The van der Waals surface area contributed by atoms with Crippen LogP contribution in [0.15, 0.2) is 35.3 Å². The van der Waals surface area contributed by atoms with Gasteiger partial charge in [-0.1, -0.05) is 6.07 Å². The van der Waals surface area contributed by atoms with Crippen LogP contribution in [-0.2, 0) is 9.53 Å². The van der Waals surface area contributed by atoms with E-state index in [9.17, 15) is 9.59 Å². The zero-order valence-corrected chi connectivity index (χ0v) is 13.4. The zero-order valence-electron chi connectivity index (χ0n) is 13.4. The number of likely N-dealkylation sites (tertiary alicyclic amines) is 1. The molecule has 1 N–H and O–H groups in total. The van der Waals surface area contributed by atoms with Crippen molar-refractivity contribution in [2.45, 2.75) is 31.3 Å². The first-order chi connectivity index (χ1) is 11.7. The second kappa shape index (κ2) is 6.24. The number of carbonyl (C=O) groups excluding carboxylic acids is 1. The van der Waals surface area contributed by atoms with Gasteiger partial charge in [-0.05, 0) is 31.4 Å². The third-order valence-corrected chi connectivity index (χ3v) is 4.76. The Morgan fingerprint density at radius 2 is 2.00 bits per heavy atom. The summed E-state index contributed by atoms with van der Waals surface area (Å²) >= 11 is 0. The SMILES string of the molecule is O=C1C(Nc2cc(=O)n3ccccc3n2)CCN1C1CCOCC1. The number of amides is 1. The van der Waals surface area contributed by atoms with Crippen LogP contribution in [0.3, 0.4) is 0 Å². The van der Waals surface area contributed by atoms with Gasteiger partial charge < -0.3 is 15.0 Å². The van der Waals surface area contributed by atoms with Crippen molar-refractivity contribution >= 4 is 17.4 Å². The zero-order chi connectivity index (χ0) is 16.5. The summed E-state index contributed by atoms with van der Waals surface area (Å²) in [6, 6.07) is 6.79. The monoisotopic (exact) mass is 328 g/mol. The molecule has 0 spiro atoms. The summed E-state index contributed by atoms with van der Waals surface area (Å²) in [5.74, 6) is 0.551. The Morgan fingerprint density at radius 1 is 1.17 bits per heavy atom. The van der Waals surface area contributed by atoms with Crippen molar-refractivity contribution in [2.75, 3.05) is 25.1 Å². The normalized spacial score (nSPS) is 22.2. The van der Waals surface area contributed by atoms with Crippen molar-refractivity contribution in [1.29, 1.82) is 0 Å². The van der Waals surface area contributed by atoms with Gasteiger partial charge in [0.2, 0.25) is 5.91 Å². The Balaban J connectivity index is 1.51. The molecule has 24 heavy (non-hydrogen) atoms. The molecule has 126 valence electrons. The summed E-state index contributed by atoms with van der Waals surface area (Å²) in [5.41, 5.74) is 0.411. The van der Waals surface area contributed by atoms with Crippen LogP contribution >= 0.6 is 0 Å². The number of pyridine rings is 1. The number of nitrogens with one attached hydrogen (secondary N) is 1. The van der Waals surface area contributed by atoms with E-state index in [1.54, 1.807) is 18.3 Å². The van der Waals surface area contributed by atoms with E-state index in [2.05, 4.69) is 10.3 Å². The molecule has 1 amide bonds. The molecule has 0 aromatic carbocycles. The van der Waals surface area contributed by atoms with Gasteiger partial charge in [0.25, 0.3) is 5.56 Å². The fourth-order valence-corrected chi connectivity index (χ4v) is 3.50. The molecule has 0 aliphatic carbocycles. The first-order valence-corrected chi connectivity index (χ1v) is 8.35. The van der Waals surface area contributed by atoms with Gasteiger partial charge in [0.05, 0.1) is 0 Å². The molecule has 0 radical (unpaired) electrons. The third-order valence-electron chi connectivity index (χ3n) is 4.76. The molecule has 4 rings (SSSR count). The highest BCUT2D eigenvalue weighted by Crippen LogP contribution is 2.23. The van der Waals surface area contributed by atoms with E-state index in [0.717, 1.165) is 39.0 Å². The topological polar surface area (TPSA) is 75.9 Å². The minimum absolute atomic E-state index is 0.0944. The Labute approximate surface area is 139 Å². The lowest BCUT2D eigenvalue weighted by molar-refractivity contribution is -0.131. The molecule has 0 saturated carbocycles. The summed E-state index contributed by atoms with van der Waals surface area (Å²) in [6.45, 7) is 2.18. The summed E-state index contributed by atoms with van der Waals surface area (Å²) in [5, 5.41) is 3.15. The van der Waals surface area contributed by atoms with Gasteiger partial charge in [0.1, 0.15) is 17.5 Å². The number of hydrogen-bond acceptors (Lipinski definition) is 5. The van der Waals surface area contributed by atoms with Gasteiger partial charge in [-0.15, -0.1) is 0 Å². The highest BCUT2D eigenvalue weighted by atomic mass is 16.5. The van der Waals surface area contributed by atoms with Crippen LogP contribution in [0.25, 0.3) is 5.65 Å². The maximum Gasteiger partial charge on any atom is 0.259 e. The molecular formula is C17H20N4O3. The van der Waals surface area contributed by atoms with E-state index in [-0.39, 0.29) is 23.6 Å². The van der Waals surface area contributed by atoms with Crippen molar-refractivity contribution in [3.8, 4) is 0 Å². The summed E-state index contributed by atoms with van der Waals surface area (Å²) in [7, 11) is 0. The summed E-state index contributed by atoms with van der Waals surface area (Å²) < 4.78 is 6.85. The number of carbonyl (C=O) groups is 1. The van der Waals surface area contributed by atoms with E-state index in [1.807, 2.05) is 11.0 Å². The molecule has 2 saturated heterocycles. The number of fused-ring (bicyclic) bond motifs is 1. The molecule has 4 heterocycles. The second-order valence-corrected chi connectivity index (χ2v) is 6.27. The second-order valence-electron chi connectivity index (χ2n) is 6.27. The van der Waals surface area contributed by atoms with Gasteiger partial charge in [-0.2, -0.15) is 0 Å². The minimum Gasteiger partial charge on any atom is -0.381 e. The largest absolute Gasteiger partial charge is 0.381 e. The van der Waals surface area contributed by atoms with Crippen molar-refractivity contribution in [3.05, 3.63) is 40.8 Å².